The number of sulfonamides is 1. The van der Waals surface area contributed by atoms with Gasteiger partial charge >= 0.3 is 6.03 Å². The number of thioether (sulfide) groups is 1. The molecule has 1 unspecified atom stereocenters. The van der Waals surface area contributed by atoms with E-state index < -0.39 is 10.0 Å². The van der Waals surface area contributed by atoms with Gasteiger partial charge in [0, 0.05) is 17.2 Å². The molecule has 0 saturated heterocycles. The van der Waals surface area contributed by atoms with Crippen molar-refractivity contribution < 1.29 is 17.6 Å². The Labute approximate surface area is 162 Å². The SMILES string of the molecule is CNS(=O)(=O)c1cccc(CNC(=O)NC2CCSc3ccc(F)cc32)c1. The molecule has 0 aliphatic carbocycles. The van der Waals surface area contributed by atoms with Crippen LogP contribution in [0.5, 0.6) is 0 Å². The molecule has 0 saturated carbocycles. The number of halogens is 1. The topological polar surface area (TPSA) is 87.3 Å². The van der Waals surface area contributed by atoms with Gasteiger partial charge in [-0.1, -0.05) is 12.1 Å². The zero-order chi connectivity index (χ0) is 19.4. The average molecular weight is 410 g/mol. The highest BCUT2D eigenvalue weighted by atomic mass is 32.2. The van der Waals surface area contributed by atoms with Crippen LogP contribution in [0, 0.1) is 5.82 Å². The molecule has 9 heteroatoms. The summed E-state index contributed by atoms with van der Waals surface area (Å²) in [5, 5.41) is 5.59. The Morgan fingerprint density at radius 2 is 2.07 bits per heavy atom. The standard InChI is InChI=1S/C18H20FN3O3S2/c1-20-27(24,25)14-4-2-3-12(9-14)11-21-18(23)22-16-7-8-26-17-6-5-13(19)10-15(16)17/h2-6,9-10,16,20H,7-8,11H2,1H3,(H2,21,22,23). The summed E-state index contributed by atoms with van der Waals surface area (Å²) < 4.78 is 39.5. The van der Waals surface area contributed by atoms with E-state index in [2.05, 4.69) is 15.4 Å². The predicted octanol–water partition coefficient (Wildman–Crippen LogP) is 2.77. The van der Waals surface area contributed by atoms with E-state index in [-0.39, 0.29) is 29.3 Å². The monoisotopic (exact) mass is 409 g/mol. The zero-order valence-corrected chi connectivity index (χ0v) is 16.3. The largest absolute Gasteiger partial charge is 0.334 e. The molecular weight excluding hydrogens is 389 g/mol. The summed E-state index contributed by atoms with van der Waals surface area (Å²) in [6.07, 6.45) is 0.713. The minimum atomic E-state index is -3.54. The van der Waals surface area contributed by atoms with Crippen LogP contribution in [0.4, 0.5) is 9.18 Å². The molecule has 1 aliphatic rings. The van der Waals surface area contributed by atoms with Gasteiger partial charge in [0.05, 0.1) is 10.9 Å². The number of rotatable bonds is 5. The van der Waals surface area contributed by atoms with Crippen LogP contribution in [0.15, 0.2) is 52.3 Å². The van der Waals surface area contributed by atoms with Crippen LogP contribution in [0.3, 0.4) is 0 Å². The molecule has 1 aliphatic heterocycles. The summed E-state index contributed by atoms with van der Waals surface area (Å²) in [5.41, 5.74) is 1.44. The number of amides is 2. The van der Waals surface area contributed by atoms with Gasteiger partial charge in [-0.15, -0.1) is 11.8 Å². The first kappa shape index (κ1) is 19.7. The number of hydrogen-bond donors (Lipinski definition) is 3. The van der Waals surface area contributed by atoms with Gasteiger partial charge in [0.25, 0.3) is 0 Å². The summed E-state index contributed by atoms with van der Waals surface area (Å²) in [6, 6.07) is 10.3. The van der Waals surface area contributed by atoms with Crippen LogP contribution in [0.25, 0.3) is 0 Å². The third kappa shape index (κ3) is 4.79. The third-order valence-electron chi connectivity index (χ3n) is 4.25. The minimum Gasteiger partial charge on any atom is -0.334 e. The van der Waals surface area contributed by atoms with Gasteiger partial charge in [-0.25, -0.2) is 22.3 Å². The highest BCUT2D eigenvalue weighted by Gasteiger charge is 2.23. The molecule has 0 fully saturated rings. The Kier molecular flexibility index (Phi) is 6.03. The van der Waals surface area contributed by atoms with E-state index >= 15 is 0 Å². The molecule has 2 aromatic rings. The van der Waals surface area contributed by atoms with E-state index in [1.165, 1.54) is 31.3 Å². The average Bonchev–Trinajstić information content (AvgIpc) is 2.67. The molecule has 3 N–H and O–H groups in total. The summed E-state index contributed by atoms with van der Waals surface area (Å²) in [4.78, 5) is 13.4. The van der Waals surface area contributed by atoms with Crippen molar-refractivity contribution >= 4 is 27.8 Å². The Hall–Kier alpha value is -2.10. The predicted molar refractivity (Wildman–Crippen MR) is 103 cm³/mol. The van der Waals surface area contributed by atoms with Crippen molar-refractivity contribution in [1.29, 1.82) is 0 Å². The molecule has 2 aromatic carbocycles. The quantitative estimate of drug-likeness (QED) is 0.709. The molecule has 1 heterocycles. The van der Waals surface area contributed by atoms with Crippen LogP contribution in [0.2, 0.25) is 0 Å². The first-order valence-electron chi connectivity index (χ1n) is 8.38. The molecule has 3 rings (SSSR count). The molecule has 144 valence electrons. The van der Waals surface area contributed by atoms with Gasteiger partial charge in [-0.05, 0) is 54.9 Å². The first-order chi connectivity index (χ1) is 12.9. The number of carbonyl (C=O) groups excluding carboxylic acids is 1. The summed E-state index contributed by atoms with van der Waals surface area (Å²) in [5.74, 6) is 0.513. The molecule has 0 radical (unpaired) electrons. The van der Waals surface area contributed by atoms with Gasteiger partial charge in [0.1, 0.15) is 5.82 Å². The highest BCUT2D eigenvalue weighted by molar-refractivity contribution is 7.99. The molecule has 1 atom stereocenters. The lowest BCUT2D eigenvalue weighted by atomic mass is 10.0. The lowest BCUT2D eigenvalue weighted by Gasteiger charge is -2.26. The van der Waals surface area contributed by atoms with Gasteiger partial charge in [-0.2, -0.15) is 0 Å². The Morgan fingerprint density at radius 1 is 1.26 bits per heavy atom. The Balaban J connectivity index is 1.63. The second-order valence-electron chi connectivity index (χ2n) is 6.05. The van der Waals surface area contributed by atoms with Crippen LogP contribution in [-0.2, 0) is 16.6 Å². The van der Waals surface area contributed by atoms with Crippen molar-refractivity contribution in [3.05, 3.63) is 59.4 Å². The molecule has 2 amide bonds. The number of fused-ring (bicyclic) bond motifs is 1. The molecule has 0 aromatic heterocycles. The number of urea groups is 1. The Bertz CT molecular complexity index is 951. The van der Waals surface area contributed by atoms with Crippen molar-refractivity contribution in [2.45, 2.75) is 28.8 Å². The van der Waals surface area contributed by atoms with Crippen LogP contribution < -0.4 is 15.4 Å². The second-order valence-corrected chi connectivity index (χ2v) is 9.08. The fraction of sp³-hybridized carbons (Fsp3) is 0.278. The minimum absolute atomic E-state index is 0.137. The zero-order valence-electron chi connectivity index (χ0n) is 14.7. The summed E-state index contributed by atoms with van der Waals surface area (Å²) in [7, 11) is -2.19. The number of benzene rings is 2. The maximum absolute atomic E-state index is 13.5. The van der Waals surface area contributed by atoms with Gasteiger partial charge < -0.3 is 10.6 Å². The fourth-order valence-electron chi connectivity index (χ4n) is 2.85. The van der Waals surface area contributed by atoms with Gasteiger partial charge in [0.15, 0.2) is 0 Å². The van der Waals surface area contributed by atoms with Gasteiger partial charge in [-0.3, -0.25) is 0 Å². The number of carbonyl (C=O) groups is 1. The van der Waals surface area contributed by atoms with Crippen molar-refractivity contribution in [2.75, 3.05) is 12.8 Å². The first-order valence-corrected chi connectivity index (χ1v) is 10.8. The van der Waals surface area contributed by atoms with Crippen molar-refractivity contribution in [1.82, 2.24) is 15.4 Å². The highest BCUT2D eigenvalue weighted by Crippen LogP contribution is 2.36. The summed E-state index contributed by atoms with van der Waals surface area (Å²) in [6.45, 7) is 0.177. The van der Waals surface area contributed by atoms with Gasteiger partial charge in [0.2, 0.25) is 10.0 Å². The van der Waals surface area contributed by atoms with E-state index in [9.17, 15) is 17.6 Å². The maximum Gasteiger partial charge on any atom is 0.315 e. The summed E-state index contributed by atoms with van der Waals surface area (Å²) >= 11 is 1.64. The van der Waals surface area contributed by atoms with Crippen LogP contribution >= 0.6 is 11.8 Å². The van der Waals surface area contributed by atoms with E-state index in [0.29, 0.717) is 12.0 Å². The lowest BCUT2D eigenvalue weighted by Crippen LogP contribution is -2.38. The van der Waals surface area contributed by atoms with Crippen molar-refractivity contribution in [3.8, 4) is 0 Å². The van der Waals surface area contributed by atoms with E-state index in [0.717, 1.165) is 16.2 Å². The fourth-order valence-corrected chi connectivity index (χ4v) is 4.75. The molecule has 27 heavy (non-hydrogen) atoms. The normalized spacial score (nSPS) is 16.4. The molecular formula is C18H20FN3O3S2. The number of nitrogens with one attached hydrogen (secondary N) is 3. The lowest BCUT2D eigenvalue weighted by molar-refractivity contribution is 0.236. The molecule has 6 nitrogen and oxygen atoms in total. The number of hydrogen-bond acceptors (Lipinski definition) is 4. The molecule has 0 bridgehead atoms. The molecule has 0 spiro atoms. The third-order valence-corrected chi connectivity index (χ3v) is 6.78. The second kappa shape index (κ2) is 8.28. The smallest absolute Gasteiger partial charge is 0.315 e. The van der Waals surface area contributed by atoms with Crippen molar-refractivity contribution in [2.24, 2.45) is 0 Å². The maximum atomic E-state index is 13.5. The Morgan fingerprint density at radius 3 is 2.85 bits per heavy atom. The van der Waals surface area contributed by atoms with E-state index in [1.54, 1.807) is 30.0 Å². The van der Waals surface area contributed by atoms with E-state index in [1.807, 2.05) is 0 Å². The van der Waals surface area contributed by atoms with Crippen LogP contribution in [-0.4, -0.2) is 27.2 Å². The van der Waals surface area contributed by atoms with Crippen molar-refractivity contribution in [3.63, 3.8) is 0 Å². The van der Waals surface area contributed by atoms with Crippen LogP contribution in [0.1, 0.15) is 23.6 Å². The van der Waals surface area contributed by atoms with E-state index in [4.69, 9.17) is 0 Å².